The maximum absolute atomic E-state index is 11.8. The summed E-state index contributed by atoms with van der Waals surface area (Å²) in [5, 5.41) is 0. The molecule has 10 heteroatoms. The topological polar surface area (TPSA) is 127 Å². The molecule has 198 valence electrons. The third-order valence-corrected chi connectivity index (χ3v) is 6.07. The fraction of sp³-hybridized carbons (Fsp3) is 0.615. The van der Waals surface area contributed by atoms with Crippen LogP contribution in [0.25, 0.3) is 0 Å². The number of rotatable bonds is 18. The molecule has 0 spiro atoms. The van der Waals surface area contributed by atoms with Gasteiger partial charge in [-0.1, -0.05) is 19.8 Å². The van der Waals surface area contributed by atoms with Crippen LogP contribution in [0.5, 0.6) is 0 Å². The Balaban J connectivity index is 1.38. The van der Waals surface area contributed by atoms with Gasteiger partial charge in [-0.15, -0.1) is 0 Å². The van der Waals surface area contributed by atoms with Crippen molar-refractivity contribution in [1.82, 2.24) is 9.80 Å². The van der Waals surface area contributed by atoms with Crippen LogP contribution in [0, 0.1) is 5.92 Å². The molecule has 36 heavy (non-hydrogen) atoms. The second kappa shape index (κ2) is 15.6. The summed E-state index contributed by atoms with van der Waals surface area (Å²) in [6.45, 7) is 3.36. The van der Waals surface area contributed by atoms with Crippen molar-refractivity contribution in [1.29, 1.82) is 0 Å². The molecule has 2 aliphatic heterocycles. The van der Waals surface area contributed by atoms with Crippen LogP contribution < -0.4 is 0 Å². The maximum Gasteiger partial charge on any atom is 0.305 e. The predicted molar refractivity (Wildman–Crippen MR) is 129 cm³/mol. The van der Waals surface area contributed by atoms with E-state index in [-0.39, 0.29) is 41.5 Å². The highest BCUT2D eigenvalue weighted by molar-refractivity contribution is 6.13. The highest BCUT2D eigenvalue weighted by Crippen LogP contribution is 2.12. The second-order valence-electron chi connectivity index (χ2n) is 9.07. The Kier molecular flexibility index (Phi) is 12.6. The molecular formula is C26H36N2O8. The van der Waals surface area contributed by atoms with Crippen molar-refractivity contribution in [3.05, 3.63) is 24.3 Å². The molecule has 4 amide bonds. The van der Waals surface area contributed by atoms with Crippen molar-refractivity contribution in [3.8, 4) is 0 Å². The molecule has 10 nitrogen and oxygen atoms in total. The van der Waals surface area contributed by atoms with Crippen molar-refractivity contribution in [2.75, 3.05) is 26.3 Å². The number of imide groups is 2. The lowest BCUT2D eigenvalue weighted by Gasteiger charge is -2.13. The number of carbonyl (C=O) groups is 6. The molecule has 0 saturated heterocycles. The van der Waals surface area contributed by atoms with E-state index in [0.717, 1.165) is 12.8 Å². The number of carbonyl (C=O) groups excluding carboxylic acids is 6. The molecule has 0 aromatic heterocycles. The summed E-state index contributed by atoms with van der Waals surface area (Å²) in [4.78, 5) is 71.9. The fourth-order valence-electron chi connectivity index (χ4n) is 3.77. The van der Waals surface area contributed by atoms with Crippen LogP contribution in [0.2, 0.25) is 0 Å². The van der Waals surface area contributed by atoms with Crippen molar-refractivity contribution < 1.29 is 38.2 Å². The van der Waals surface area contributed by atoms with E-state index in [2.05, 4.69) is 0 Å². The highest BCUT2D eigenvalue weighted by atomic mass is 16.5. The first-order valence-corrected chi connectivity index (χ1v) is 12.7. The van der Waals surface area contributed by atoms with Gasteiger partial charge >= 0.3 is 11.9 Å². The molecule has 0 aromatic rings. The van der Waals surface area contributed by atoms with Crippen LogP contribution in [-0.4, -0.2) is 71.7 Å². The Morgan fingerprint density at radius 2 is 1.00 bits per heavy atom. The average molecular weight is 505 g/mol. The van der Waals surface area contributed by atoms with Crippen molar-refractivity contribution >= 4 is 35.6 Å². The minimum Gasteiger partial charge on any atom is -0.466 e. The number of hydrogen-bond donors (Lipinski definition) is 0. The Morgan fingerprint density at radius 3 is 1.36 bits per heavy atom. The number of hydrogen-bond acceptors (Lipinski definition) is 8. The number of esters is 2. The van der Waals surface area contributed by atoms with Crippen LogP contribution in [-0.2, 0) is 38.2 Å². The first kappa shape index (κ1) is 28.9. The average Bonchev–Trinajstić information content (AvgIpc) is 3.33. The van der Waals surface area contributed by atoms with Gasteiger partial charge in [-0.05, 0) is 44.4 Å². The molecule has 0 aliphatic carbocycles. The number of nitrogens with zero attached hydrogens (tertiary/aromatic N) is 2. The predicted octanol–water partition coefficient (Wildman–Crippen LogP) is 2.46. The Hall–Kier alpha value is -3.30. The molecule has 0 saturated carbocycles. The van der Waals surface area contributed by atoms with Gasteiger partial charge in [-0.2, -0.15) is 0 Å². The van der Waals surface area contributed by atoms with Crippen LogP contribution in [0.3, 0.4) is 0 Å². The van der Waals surface area contributed by atoms with Gasteiger partial charge in [0.25, 0.3) is 23.6 Å². The van der Waals surface area contributed by atoms with Crippen LogP contribution in [0.15, 0.2) is 24.3 Å². The lowest BCUT2D eigenvalue weighted by molar-refractivity contribution is -0.145. The first-order valence-electron chi connectivity index (χ1n) is 12.7. The zero-order valence-corrected chi connectivity index (χ0v) is 20.9. The molecule has 2 rings (SSSR count). The van der Waals surface area contributed by atoms with E-state index in [0.29, 0.717) is 77.7 Å². The number of unbranched alkanes of at least 4 members (excludes halogenated alkanes) is 4. The van der Waals surface area contributed by atoms with Gasteiger partial charge in [0, 0.05) is 50.2 Å². The molecule has 0 radical (unpaired) electrons. The summed E-state index contributed by atoms with van der Waals surface area (Å²) in [7, 11) is 0. The molecule has 0 aromatic carbocycles. The van der Waals surface area contributed by atoms with Gasteiger partial charge < -0.3 is 9.47 Å². The molecule has 0 unspecified atom stereocenters. The summed E-state index contributed by atoms with van der Waals surface area (Å²) in [5.74, 6) is -1.45. The number of amides is 4. The minimum atomic E-state index is -0.288. The van der Waals surface area contributed by atoms with E-state index < -0.39 is 0 Å². The molecule has 2 aliphatic rings. The highest BCUT2D eigenvalue weighted by Gasteiger charge is 2.23. The lowest BCUT2D eigenvalue weighted by atomic mass is 10.1. The van der Waals surface area contributed by atoms with Gasteiger partial charge in [0.05, 0.1) is 13.2 Å². The van der Waals surface area contributed by atoms with E-state index in [1.165, 1.54) is 34.1 Å². The van der Waals surface area contributed by atoms with E-state index in [9.17, 15) is 28.8 Å². The van der Waals surface area contributed by atoms with Gasteiger partial charge in [-0.25, -0.2) is 0 Å². The van der Waals surface area contributed by atoms with Crippen molar-refractivity contribution in [2.24, 2.45) is 5.92 Å². The van der Waals surface area contributed by atoms with Gasteiger partial charge in [0.1, 0.15) is 0 Å². The molecule has 0 fully saturated rings. The van der Waals surface area contributed by atoms with Crippen LogP contribution in [0.4, 0.5) is 0 Å². The minimum absolute atomic E-state index is 0.235. The third kappa shape index (κ3) is 10.5. The molecule has 2 heterocycles. The Bertz CT molecular complexity index is 773. The standard InChI is InChI=1S/C26H36N2O8/c1-20(14-18-35-25(33)8-4-2-6-16-27-21(29)10-11-22(27)30)15-19-36-26(34)9-5-3-7-17-28-23(31)12-13-24(28)32/h10-13,20H,2-9,14-19H2,1H3. The monoisotopic (exact) mass is 504 g/mol. The zero-order valence-electron chi connectivity index (χ0n) is 20.9. The molecular weight excluding hydrogens is 468 g/mol. The molecule has 0 N–H and O–H groups in total. The summed E-state index contributed by atoms with van der Waals surface area (Å²) < 4.78 is 10.5. The Morgan fingerprint density at radius 1 is 0.639 bits per heavy atom. The van der Waals surface area contributed by atoms with E-state index >= 15 is 0 Å². The van der Waals surface area contributed by atoms with Crippen LogP contribution >= 0.6 is 0 Å². The van der Waals surface area contributed by atoms with Crippen LogP contribution in [0.1, 0.15) is 71.1 Å². The largest absolute Gasteiger partial charge is 0.466 e. The molecule has 0 atom stereocenters. The van der Waals surface area contributed by atoms with Crippen molar-refractivity contribution in [2.45, 2.75) is 71.1 Å². The quantitative estimate of drug-likeness (QED) is 0.158. The summed E-state index contributed by atoms with van der Waals surface area (Å²) in [6, 6.07) is 0. The van der Waals surface area contributed by atoms with E-state index in [1.807, 2.05) is 6.92 Å². The summed E-state index contributed by atoms with van der Waals surface area (Å²) in [5.41, 5.74) is 0. The maximum atomic E-state index is 11.8. The normalized spacial score (nSPS) is 15.1. The van der Waals surface area contributed by atoms with E-state index in [1.54, 1.807) is 0 Å². The first-order chi connectivity index (χ1) is 17.3. The van der Waals surface area contributed by atoms with Crippen molar-refractivity contribution in [3.63, 3.8) is 0 Å². The zero-order chi connectivity index (χ0) is 26.3. The van der Waals surface area contributed by atoms with E-state index in [4.69, 9.17) is 9.47 Å². The second-order valence-corrected chi connectivity index (χ2v) is 9.07. The third-order valence-electron chi connectivity index (χ3n) is 6.07. The Labute approximate surface area is 211 Å². The van der Waals surface area contributed by atoms with Gasteiger partial charge in [0.2, 0.25) is 0 Å². The summed E-state index contributed by atoms with van der Waals surface area (Å²) >= 11 is 0. The van der Waals surface area contributed by atoms with Gasteiger partial charge in [0.15, 0.2) is 0 Å². The lowest BCUT2D eigenvalue weighted by Crippen LogP contribution is -2.30. The summed E-state index contributed by atoms with van der Waals surface area (Å²) in [6.07, 6.45) is 11.0. The fourth-order valence-corrected chi connectivity index (χ4v) is 3.77. The molecule has 0 bridgehead atoms. The SMILES string of the molecule is CC(CCOC(=O)CCCCCN1C(=O)C=CC1=O)CCOC(=O)CCCCCN1C(=O)C=CC1=O. The van der Waals surface area contributed by atoms with Gasteiger partial charge in [-0.3, -0.25) is 38.6 Å². The smallest absolute Gasteiger partial charge is 0.305 e. The number of ether oxygens (including phenoxy) is 2.